The number of hydrogen-bond acceptors (Lipinski definition) is 2. The molecule has 1 fully saturated rings. The van der Waals surface area contributed by atoms with Gasteiger partial charge in [0.2, 0.25) is 0 Å². The van der Waals surface area contributed by atoms with Crippen LogP contribution in [-0.4, -0.2) is 35.9 Å². The molecule has 1 aliphatic carbocycles. The summed E-state index contributed by atoms with van der Waals surface area (Å²) in [5, 5.41) is 10.7. The number of nitrogens with one attached hydrogen (secondary N) is 2. The molecule has 6 heteroatoms. The van der Waals surface area contributed by atoms with Gasteiger partial charge in [-0.1, -0.05) is 18.2 Å². The molecule has 1 aliphatic rings. The Labute approximate surface area is 135 Å². The summed E-state index contributed by atoms with van der Waals surface area (Å²) in [7, 11) is 1.74. The first kappa shape index (κ1) is 15.5. The molecule has 0 atom stereocenters. The van der Waals surface area contributed by atoms with Gasteiger partial charge in [-0.05, 0) is 30.5 Å². The van der Waals surface area contributed by atoms with Crippen molar-refractivity contribution < 1.29 is 4.39 Å². The first-order chi connectivity index (χ1) is 11.2. The first-order valence-electron chi connectivity index (χ1n) is 7.90. The zero-order valence-corrected chi connectivity index (χ0v) is 13.3. The topological polar surface area (TPSA) is 54.2 Å². The van der Waals surface area contributed by atoms with Crippen LogP contribution >= 0.6 is 0 Å². The van der Waals surface area contributed by atoms with Crippen molar-refractivity contribution >= 4 is 5.96 Å². The molecule has 0 amide bonds. The molecule has 0 spiro atoms. The summed E-state index contributed by atoms with van der Waals surface area (Å²) in [5.41, 5.74) is 0.713. The lowest BCUT2D eigenvalue weighted by molar-refractivity contribution is 0.556. The Morgan fingerprint density at radius 2 is 2.13 bits per heavy atom. The molecule has 122 valence electrons. The van der Waals surface area contributed by atoms with Gasteiger partial charge in [-0.15, -0.1) is 0 Å². The van der Waals surface area contributed by atoms with Gasteiger partial charge < -0.3 is 10.6 Å². The van der Waals surface area contributed by atoms with Gasteiger partial charge >= 0.3 is 0 Å². The molecular weight excluding hydrogens is 293 g/mol. The van der Waals surface area contributed by atoms with Gasteiger partial charge in [-0.25, -0.2) is 4.39 Å². The molecule has 0 bridgehead atoms. The van der Waals surface area contributed by atoms with Crippen LogP contribution in [0, 0.1) is 5.82 Å². The van der Waals surface area contributed by atoms with E-state index in [0.717, 1.165) is 37.5 Å². The third kappa shape index (κ3) is 3.70. The Balaban J connectivity index is 1.51. The molecule has 1 aromatic carbocycles. The number of nitrogens with zero attached hydrogens (tertiary/aromatic N) is 3. The number of hydrogen-bond donors (Lipinski definition) is 2. The molecule has 0 radical (unpaired) electrons. The van der Waals surface area contributed by atoms with Crippen LogP contribution in [0.2, 0.25) is 0 Å². The van der Waals surface area contributed by atoms with Crippen molar-refractivity contribution in [2.24, 2.45) is 4.99 Å². The van der Waals surface area contributed by atoms with E-state index in [-0.39, 0.29) is 11.2 Å². The molecule has 0 unspecified atom stereocenters. The molecule has 2 N–H and O–H groups in total. The SMILES string of the molecule is CN=C(NCCn1cccn1)NCC1(c2ccccc2F)CC1. The van der Waals surface area contributed by atoms with Crippen molar-refractivity contribution in [3.8, 4) is 0 Å². The lowest BCUT2D eigenvalue weighted by Gasteiger charge is -2.19. The second-order valence-electron chi connectivity index (χ2n) is 5.88. The Morgan fingerprint density at radius 3 is 2.78 bits per heavy atom. The Morgan fingerprint density at radius 1 is 1.30 bits per heavy atom. The average Bonchev–Trinajstić information content (AvgIpc) is 3.17. The minimum absolute atomic E-state index is 0.0923. The fourth-order valence-electron chi connectivity index (χ4n) is 2.78. The van der Waals surface area contributed by atoms with Crippen LogP contribution in [0.1, 0.15) is 18.4 Å². The summed E-state index contributed by atoms with van der Waals surface area (Å²) in [6, 6.07) is 8.95. The average molecular weight is 315 g/mol. The van der Waals surface area contributed by atoms with Crippen molar-refractivity contribution in [2.45, 2.75) is 24.8 Å². The lowest BCUT2D eigenvalue weighted by atomic mass is 9.95. The minimum Gasteiger partial charge on any atom is -0.356 e. The number of benzene rings is 1. The van der Waals surface area contributed by atoms with Crippen LogP contribution in [0.5, 0.6) is 0 Å². The summed E-state index contributed by atoms with van der Waals surface area (Å²) in [6.07, 6.45) is 5.70. The molecular formula is C17H22FN5. The number of aromatic nitrogens is 2. The maximum absolute atomic E-state index is 14.0. The highest BCUT2D eigenvalue weighted by atomic mass is 19.1. The second kappa shape index (κ2) is 6.81. The minimum atomic E-state index is -0.117. The van der Waals surface area contributed by atoms with E-state index in [1.807, 2.05) is 29.1 Å². The van der Waals surface area contributed by atoms with Crippen LogP contribution in [0.15, 0.2) is 47.7 Å². The number of aliphatic imine (C=N–C) groups is 1. The monoisotopic (exact) mass is 315 g/mol. The Bertz CT molecular complexity index is 661. The van der Waals surface area contributed by atoms with Crippen molar-refractivity contribution in [3.63, 3.8) is 0 Å². The van der Waals surface area contributed by atoms with Crippen LogP contribution in [0.3, 0.4) is 0 Å². The van der Waals surface area contributed by atoms with E-state index in [0.29, 0.717) is 6.54 Å². The van der Waals surface area contributed by atoms with Crippen LogP contribution < -0.4 is 10.6 Å². The second-order valence-corrected chi connectivity index (χ2v) is 5.88. The van der Waals surface area contributed by atoms with Gasteiger partial charge in [0, 0.05) is 37.9 Å². The zero-order valence-electron chi connectivity index (χ0n) is 13.3. The van der Waals surface area contributed by atoms with E-state index >= 15 is 0 Å². The molecule has 0 aliphatic heterocycles. The van der Waals surface area contributed by atoms with E-state index in [1.54, 1.807) is 19.3 Å². The lowest BCUT2D eigenvalue weighted by Crippen LogP contribution is -2.42. The Hall–Kier alpha value is -2.37. The summed E-state index contributed by atoms with van der Waals surface area (Å²) in [6.45, 7) is 2.19. The van der Waals surface area contributed by atoms with E-state index in [9.17, 15) is 4.39 Å². The van der Waals surface area contributed by atoms with Crippen LogP contribution in [0.25, 0.3) is 0 Å². The third-order valence-electron chi connectivity index (χ3n) is 4.31. The molecule has 1 heterocycles. The fraction of sp³-hybridized carbons (Fsp3) is 0.412. The van der Waals surface area contributed by atoms with Crippen molar-refractivity contribution in [1.82, 2.24) is 20.4 Å². The largest absolute Gasteiger partial charge is 0.356 e. The quantitative estimate of drug-likeness (QED) is 0.632. The van der Waals surface area contributed by atoms with Gasteiger partial charge in [0.05, 0.1) is 6.54 Å². The highest BCUT2D eigenvalue weighted by Gasteiger charge is 2.45. The maximum Gasteiger partial charge on any atom is 0.191 e. The maximum atomic E-state index is 14.0. The van der Waals surface area contributed by atoms with Crippen LogP contribution in [0.4, 0.5) is 4.39 Å². The Kier molecular flexibility index (Phi) is 4.60. The summed E-state index contributed by atoms with van der Waals surface area (Å²) in [5.74, 6) is 0.619. The van der Waals surface area contributed by atoms with E-state index in [2.05, 4.69) is 20.7 Å². The van der Waals surface area contributed by atoms with E-state index in [4.69, 9.17) is 0 Å². The molecule has 1 saturated carbocycles. The smallest absolute Gasteiger partial charge is 0.191 e. The molecule has 5 nitrogen and oxygen atoms in total. The number of rotatable bonds is 6. The van der Waals surface area contributed by atoms with Gasteiger partial charge in [-0.2, -0.15) is 5.10 Å². The molecule has 2 aromatic rings. The van der Waals surface area contributed by atoms with Gasteiger partial charge in [0.25, 0.3) is 0 Å². The zero-order chi connectivity index (χ0) is 16.1. The fourth-order valence-corrected chi connectivity index (χ4v) is 2.78. The van der Waals surface area contributed by atoms with Crippen molar-refractivity contribution in [3.05, 3.63) is 54.1 Å². The van der Waals surface area contributed by atoms with E-state index in [1.165, 1.54) is 6.07 Å². The predicted octanol–water partition coefficient (Wildman–Crippen LogP) is 1.92. The normalized spacial score (nSPS) is 16.2. The standard InChI is InChI=1S/C17H22FN5/c1-19-16(20-10-12-23-11-4-9-22-23)21-13-17(7-8-17)14-5-2-3-6-15(14)18/h2-6,9,11H,7-8,10,12-13H2,1H3,(H2,19,20,21). The van der Waals surface area contributed by atoms with Gasteiger partial charge in [-0.3, -0.25) is 9.67 Å². The molecule has 0 saturated heterocycles. The van der Waals surface area contributed by atoms with Crippen molar-refractivity contribution in [1.29, 1.82) is 0 Å². The summed E-state index contributed by atoms with van der Waals surface area (Å²) < 4.78 is 15.9. The molecule has 3 rings (SSSR count). The van der Waals surface area contributed by atoms with Gasteiger partial charge in [0.15, 0.2) is 5.96 Å². The highest BCUT2D eigenvalue weighted by molar-refractivity contribution is 5.79. The molecule has 23 heavy (non-hydrogen) atoms. The summed E-state index contributed by atoms with van der Waals surface area (Å²) >= 11 is 0. The van der Waals surface area contributed by atoms with Crippen LogP contribution in [-0.2, 0) is 12.0 Å². The molecule has 1 aromatic heterocycles. The third-order valence-corrected chi connectivity index (χ3v) is 4.31. The van der Waals surface area contributed by atoms with Gasteiger partial charge in [0.1, 0.15) is 5.82 Å². The predicted molar refractivity (Wildman–Crippen MR) is 88.9 cm³/mol. The van der Waals surface area contributed by atoms with Crippen molar-refractivity contribution in [2.75, 3.05) is 20.1 Å². The number of guanidine groups is 1. The number of halogens is 1. The van der Waals surface area contributed by atoms with E-state index < -0.39 is 0 Å². The highest BCUT2D eigenvalue weighted by Crippen LogP contribution is 2.48. The first-order valence-corrected chi connectivity index (χ1v) is 7.90. The summed E-state index contributed by atoms with van der Waals surface area (Å²) in [4.78, 5) is 4.22.